The first kappa shape index (κ1) is 9.66. The highest BCUT2D eigenvalue weighted by atomic mass is 16.3. The molecule has 2 nitrogen and oxygen atoms in total. The fourth-order valence-corrected chi connectivity index (χ4v) is 2.17. The molecule has 76 valence electrons. The summed E-state index contributed by atoms with van der Waals surface area (Å²) in [6.07, 6.45) is 7.52. The highest BCUT2D eigenvalue weighted by molar-refractivity contribution is 5.18. The Labute approximate surface area is 85.0 Å². The molecule has 1 aliphatic rings. The van der Waals surface area contributed by atoms with Crippen LogP contribution in [-0.2, 0) is 5.60 Å². The van der Waals surface area contributed by atoms with Crippen molar-refractivity contribution in [3.05, 3.63) is 30.1 Å². The number of aromatic nitrogens is 1. The van der Waals surface area contributed by atoms with Crippen LogP contribution in [0.15, 0.2) is 24.5 Å². The number of nitrogens with zero attached hydrogens (tertiary/aromatic N) is 1. The van der Waals surface area contributed by atoms with Crippen LogP contribution >= 0.6 is 0 Å². The van der Waals surface area contributed by atoms with E-state index in [1.807, 2.05) is 12.1 Å². The molecule has 1 saturated carbocycles. The predicted molar refractivity (Wildman–Crippen MR) is 55.8 cm³/mol. The Morgan fingerprint density at radius 3 is 2.71 bits per heavy atom. The SMILES string of the molecule is CC1CCC(O)(c2cccnc2)CC1. The highest BCUT2D eigenvalue weighted by Crippen LogP contribution is 2.38. The average Bonchev–Trinajstić information content (AvgIpc) is 2.24. The van der Waals surface area contributed by atoms with Crippen molar-refractivity contribution in [2.75, 3.05) is 0 Å². The molecule has 0 spiro atoms. The van der Waals surface area contributed by atoms with Gasteiger partial charge in [-0.2, -0.15) is 0 Å². The third-order valence-corrected chi connectivity index (χ3v) is 3.30. The molecule has 2 rings (SSSR count). The van der Waals surface area contributed by atoms with Gasteiger partial charge in [0.05, 0.1) is 5.60 Å². The molecule has 2 heteroatoms. The zero-order valence-electron chi connectivity index (χ0n) is 8.61. The summed E-state index contributed by atoms with van der Waals surface area (Å²) in [6.45, 7) is 2.25. The van der Waals surface area contributed by atoms with Crippen molar-refractivity contribution in [1.29, 1.82) is 0 Å². The number of pyridine rings is 1. The summed E-state index contributed by atoms with van der Waals surface area (Å²) in [5.74, 6) is 0.756. The van der Waals surface area contributed by atoms with E-state index in [-0.39, 0.29) is 0 Å². The molecule has 0 atom stereocenters. The van der Waals surface area contributed by atoms with Crippen molar-refractivity contribution in [3.8, 4) is 0 Å². The topological polar surface area (TPSA) is 33.1 Å². The number of rotatable bonds is 1. The summed E-state index contributed by atoms with van der Waals surface area (Å²) in [5.41, 5.74) is 0.368. The van der Waals surface area contributed by atoms with Crippen LogP contribution in [-0.4, -0.2) is 10.1 Å². The van der Waals surface area contributed by atoms with Gasteiger partial charge >= 0.3 is 0 Å². The molecule has 1 heterocycles. The van der Waals surface area contributed by atoms with Crippen LogP contribution in [0.4, 0.5) is 0 Å². The Morgan fingerprint density at radius 1 is 1.43 bits per heavy atom. The predicted octanol–water partition coefficient (Wildman–Crippen LogP) is 2.48. The molecule has 1 N–H and O–H groups in total. The van der Waals surface area contributed by atoms with Crippen LogP contribution in [0.2, 0.25) is 0 Å². The Balaban J connectivity index is 2.17. The fourth-order valence-electron chi connectivity index (χ4n) is 2.17. The molecule has 14 heavy (non-hydrogen) atoms. The van der Waals surface area contributed by atoms with E-state index >= 15 is 0 Å². The van der Waals surface area contributed by atoms with E-state index in [1.165, 1.54) is 0 Å². The van der Waals surface area contributed by atoms with Gasteiger partial charge in [0.1, 0.15) is 0 Å². The monoisotopic (exact) mass is 191 g/mol. The number of hydrogen-bond acceptors (Lipinski definition) is 2. The van der Waals surface area contributed by atoms with E-state index in [1.54, 1.807) is 12.4 Å². The first-order valence-electron chi connectivity index (χ1n) is 5.33. The Bertz CT molecular complexity index is 288. The van der Waals surface area contributed by atoms with E-state index in [9.17, 15) is 5.11 Å². The zero-order valence-corrected chi connectivity index (χ0v) is 8.61. The minimum Gasteiger partial charge on any atom is -0.385 e. The van der Waals surface area contributed by atoms with Gasteiger partial charge in [0.15, 0.2) is 0 Å². The van der Waals surface area contributed by atoms with Crippen molar-refractivity contribution in [3.63, 3.8) is 0 Å². The van der Waals surface area contributed by atoms with Crippen molar-refractivity contribution in [1.82, 2.24) is 4.98 Å². The molecule has 1 aromatic heterocycles. The first-order chi connectivity index (χ1) is 6.71. The summed E-state index contributed by atoms with van der Waals surface area (Å²) in [6, 6.07) is 3.87. The lowest BCUT2D eigenvalue weighted by atomic mass is 9.76. The van der Waals surface area contributed by atoms with E-state index in [0.29, 0.717) is 0 Å². The Hall–Kier alpha value is -0.890. The number of hydrogen-bond donors (Lipinski definition) is 1. The molecule has 1 fully saturated rings. The first-order valence-corrected chi connectivity index (χ1v) is 5.33. The summed E-state index contributed by atoms with van der Waals surface area (Å²) in [5, 5.41) is 10.4. The quantitative estimate of drug-likeness (QED) is 0.739. The van der Waals surface area contributed by atoms with Crippen molar-refractivity contribution in [2.45, 2.75) is 38.2 Å². The van der Waals surface area contributed by atoms with Crippen molar-refractivity contribution in [2.24, 2.45) is 5.92 Å². The van der Waals surface area contributed by atoms with Crippen LogP contribution in [0.3, 0.4) is 0 Å². The Morgan fingerprint density at radius 2 is 2.14 bits per heavy atom. The Kier molecular flexibility index (Phi) is 2.55. The van der Waals surface area contributed by atoms with E-state index in [0.717, 1.165) is 37.2 Å². The van der Waals surface area contributed by atoms with Gasteiger partial charge in [-0.25, -0.2) is 0 Å². The lowest BCUT2D eigenvalue weighted by Crippen LogP contribution is -2.30. The summed E-state index contributed by atoms with van der Waals surface area (Å²) < 4.78 is 0. The lowest BCUT2D eigenvalue weighted by Gasteiger charge is -2.34. The average molecular weight is 191 g/mol. The summed E-state index contributed by atoms with van der Waals surface area (Å²) in [4.78, 5) is 4.06. The maximum atomic E-state index is 10.4. The van der Waals surface area contributed by atoms with E-state index in [2.05, 4.69) is 11.9 Å². The van der Waals surface area contributed by atoms with Gasteiger partial charge in [-0.15, -0.1) is 0 Å². The van der Waals surface area contributed by atoms with Crippen LogP contribution in [0.1, 0.15) is 38.2 Å². The molecule has 1 aliphatic carbocycles. The lowest BCUT2D eigenvalue weighted by molar-refractivity contribution is -0.0122. The molecule has 1 aromatic rings. The van der Waals surface area contributed by atoms with Gasteiger partial charge in [0.25, 0.3) is 0 Å². The summed E-state index contributed by atoms with van der Waals surface area (Å²) >= 11 is 0. The van der Waals surface area contributed by atoms with Gasteiger partial charge in [0, 0.05) is 18.0 Å². The third-order valence-electron chi connectivity index (χ3n) is 3.30. The molecule has 0 radical (unpaired) electrons. The normalized spacial score (nSPS) is 32.9. The molecule has 0 unspecified atom stereocenters. The zero-order chi connectivity index (χ0) is 10.0. The maximum absolute atomic E-state index is 10.4. The van der Waals surface area contributed by atoms with Crippen molar-refractivity contribution < 1.29 is 5.11 Å². The van der Waals surface area contributed by atoms with Crippen LogP contribution in [0.25, 0.3) is 0 Å². The van der Waals surface area contributed by atoms with E-state index in [4.69, 9.17) is 0 Å². The smallest absolute Gasteiger partial charge is 0.0911 e. The molecule has 0 aliphatic heterocycles. The van der Waals surface area contributed by atoms with Gasteiger partial charge in [0.2, 0.25) is 0 Å². The molecular weight excluding hydrogens is 174 g/mol. The maximum Gasteiger partial charge on any atom is 0.0911 e. The van der Waals surface area contributed by atoms with Crippen LogP contribution < -0.4 is 0 Å². The highest BCUT2D eigenvalue weighted by Gasteiger charge is 2.33. The van der Waals surface area contributed by atoms with E-state index < -0.39 is 5.60 Å². The van der Waals surface area contributed by atoms with Gasteiger partial charge in [-0.05, 0) is 37.7 Å². The standard InChI is InChI=1S/C12H17NO/c1-10-4-6-12(14,7-5-10)11-3-2-8-13-9-11/h2-3,8-10,14H,4-7H2,1H3. The largest absolute Gasteiger partial charge is 0.385 e. The fraction of sp³-hybridized carbons (Fsp3) is 0.583. The van der Waals surface area contributed by atoms with Gasteiger partial charge < -0.3 is 5.11 Å². The van der Waals surface area contributed by atoms with Crippen LogP contribution in [0.5, 0.6) is 0 Å². The minimum atomic E-state index is -0.610. The second kappa shape index (κ2) is 3.70. The second-order valence-corrected chi connectivity index (χ2v) is 4.46. The molecule has 0 bridgehead atoms. The summed E-state index contributed by atoms with van der Waals surface area (Å²) in [7, 11) is 0. The third kappa shape index (κ3) is 1.80. The minimum absolute atomic E-state index is 0.610. The molecule has 0 aromatic carbocycles. The van der Waals surface area contributed by atoms with Crippen LogP contribution in [0, 0.1) is 5.92 Å². The molecular formula is C12H17NO. The van der Waals surface area contributed by atoms with Crippen molar-refractivity contribution >= 4 is 0 Å². The van der Waals surface area contributed by atoms with Gasteiger partial charge in [-0.3, -0.25) is 4.98 Å². The molecule has 0 amide bonds. The molecule has 0 saturated heterocycles. The number of aliphatic hydroxyl groups is 1. The van der Waals surface area contributed by atoms with Gasteiger partial charge in [-0.1, -0.05) is 13.0 Å². The second-order valence-electron chi connectivity index (χ2n) is 4.46.